The van der Waals surface area contributed by atoms with E-state index in [2.05, 4.69) is 5.32 Å². The topological polar surface area (TPSA) is 64.3 Å². The number of rotatable bonds is 8. The van der Waals surface area contributed by atoms with Crippen molar-refractivity contribution in [1.29, 1.82) is 0 Å². The number of ether oxygens (including phenoxy) is 1. The van der Waals surface area contributed by atoms with Crippen LogP contribution in [0.25, 0.3) is 0 Å². The first kappa shape index (κ1) is 13.4. The monoisotopic (exact) mass is 202 g/mol. The SMILES string of the molecule is COCC(C)CC(=O)NCCCCN. The van der Waals surface area contributed by atoms with E-state index in [1.807, 2.05) is 6.92 Å². The van der Waals surface area contributed by atoms with E-state index in [1.54, 1.807) is 7.11 Å². The van der Waals surface area contributed by atoms with Crippen LogP contribution < -0.4 is 11.1 Å². The molecule has 1 unspecified atom stereocenters. The maximum atomic E-state index is 11.3. The Labute approximate surface area is 86.2 Å². The van der Waals surface area contributed by atoms with Gasteiger partial charge in [0.25, 0.3) is 0 Å². The largest absolute Gasteiger partial charge is 0.384 e. The Morgan fingerprint density at radius 3 is 2.79 bits per heavy atom. The minimum atomic E-state index is 0.103. The molecule has 0 aromatic heterocycles. The van der Waals surface area contributed by atoms with Gasteiger partial charge in [-0.3, -0.25) is 4.79 Å². The molecule has 1 amide bonds. The predicted octanol–water partition coefficient (Wildman–Crippen LogP) is 0.514. The zero-order valence-corrected chi connectivity index (χ0v) is 9.21. The fraction of sp³-hybridized carbons (Fsp3) is 0.900. The second-order valence-corrected chi connectivity index (χ2v) is 3.61. The molecular weight excluding hydrogens is 180 g/mol. The van der Waals surface area contributed by atoms with E-state index in [0.717, 1.165) is 19.4 Å². The summed E-state index contributed by atoms with van der Waals surface area (Å²) in [4.78, 5) is 11.3. The van der Waals surface area contributed by atoms with Crippen LogP contribution in [0.3, 0.4) is 0 Å². The van der Waals surface area contributed by atoms with Crippen molar-refractivity contribution in [3.05, 3.63) is 0 Å². The molecule has 0 rings (SSSR count). The van der Waals surface area contributed by atoms with Gasteiger partial charge in [-0.1, -0.05) is 6.92 Å². The van der Waals surface area contributed by atoms with Gasteiger partial charge in [0.2, 0.25) is 5.91 Å². The number of carbonyl (C=O) groups excluding carboxylic acids is 1. The maximum absolute atomic E-state index is 11.3. The highest BCUT2D eigenvalue weighted by atomic mass is 16.5. The van der Waals surface area contributed by atoms with E-state index >= 15 is 0 Å². The van der Waals surface area contributed by atoms with Crippen LogP contribution >= 0.6 is 0 Å². The lowest BCUT2D eigenvalue weighted by atomic mass is 10.1. The highest BCUT2D eigenvalue weighted by Gasteiger charge is 2.07. The summed E-state index contributed by atoms with van der Waals surface area (Å²) in [5, 5.41) is 2.86. The van der Waals surface area contributed by atoms with Crippen molar-refractivity contribution in [2.45, 2.75) is 26.2 Å². The van der Waals surface area contributed by atoms with Crippen molar-refractivity contribution >= 4 is 5.91 Å². The van der Waals surface area contributed by atoms with Crippen LogP contribution in [0.15, 0.2) is 0 Å². The molecule has 84 valence electrons. The first-order chi connectivity index (χ1) is 6.70. The summed E-state index contributed by atoms with van der Waals surface area (Å²) < 4.78 is 4.95. The van der Waals surface area contributed by atoms with Crippen LogP contribution in [0.2, 0.25) is 0 Å². The molecule has 0 aromatic rings. The number of hydrogen-bond donors (Lipinski definition) is 2. The minimum absolute atomic E-state index is 0.103. The van der Waals surface area contributed by atoms with Crippen LogP contribution in [0, 0.1) is 5.92 Å². The number of unbranched alkanes of at least 4 members (excludes halogenated alkanes) is 1. The molecule has 0 aromatic carbocycles. The van der Waals surface area contributed by atoms with Crippen molar-refractivity contribution in [3.8, 4) is 0 Å². The summed E-state index contributed by atoms with van der Waals surface area (Å²) in [5.74, 6) is 0.390. The Hall–Kier alpha value is -0.610. The molecule has 0 aliphatic rings. The van der Waals surface area contributed by atoms with Crippen molar-refractivity contribution in [1.82, 2.24) is 5.32 Å². The van der Waals surface area contributed by atoms with Gasteiger partial charge >= 0.3 is 0 Å². The van der Waals surface area contributed by atoms with E-state index in [4.69, 9.17) is 10.5 Å². The minimum Gasteiger partial charge on any atom is -0.384 e. The number of carbonyl (C=O) groups is 1. The smallest absolute Gasteiger partial charge is 0.220 e. The highest BCUT2D eigenvalue weighted by Crippen LogP contribution is 2.01. The van der Waals surface area contributed by atoms with Crippen molar-refractivity contribution in [3.63, 3.8) is 0 Å². The molecular formula is C10H22N2O2. The Morgan fingerprint density at radius 2 is 2.21 bits per heavy atom. The van der Waals surface area contributed by atoms with E-state index in [9.17, 15) is 4.79 Å². The fourth-order valence-corrected chi connectivity index (χ4v) is 1.23. The van der Waals surface area contributed by atoms with Gasteiger partial charge in [0, 0.05) is 26.7 Å². The van der Waals surface area contributed by atoms with Gasteiger partial charge in [0.05, 0.1) is 0 Å². The maximum Gasteiger partial charge on any atom is 0.220 e. The molecule has 3 N–H and O–H groups in total. The number of hydrogen-bond acceptors (Lipinski definition) is 3. The molecule has 0 radical (unpaired) electrons. The van der Waals surface area contributed by atoms with Gasteiger partial charge in [-0.2, -0.15) is 0 Å². The van der Waals surface area contributed by atoms with E-state index < -0.39 is 0 Å². The first-order valence-corrected chi connectivity index (χ1v) is 5.16. The molecule has 0 heterocycles. The lowest BCUT2D eigenvalue weighted by Crippen LogP contribution is -2.27. The van der Waals surface area contributed by atoms with Gasteiger partial charge < -0.3 is 15.8 Å². The average Bonchev–Trinajstić information content (AvgIpc) is 2.13. The lowest BCUT2D eigenvalue weighted by Gasteiger charge is -2.10. The first-order valence-electron chi connectivity index (χ1n) is 5.16. The number of amides is 1. The third-order valence-corrected chi connectivity index (χ3v) is 1.94. The molecule has 14 heavy (non-hydrogen) atoms. The summed E-state index contributed by atoms with van der Waals surface area (Å²) in [7, 11) is 1.65. The average molecular weight is 202 g/mol. The summed E-state index contributed by atoms with van der Waals surface area (Å²) in [6.07, 6.45) is 2.46. The van der Waals surface area contributed by atoms with E-state index in [0.29, 0.717) is 19.6 Å². The molecule has 0 saturated heterocycles. The Kier molecular flexibility index (Phi) is 8.57. The molecule has 0 aliphatic carbocycles. The van der Waals surface area contributed by atoms with E-state index in [-0.39, 0.29) is 11.8 Å². The van der Waals surface area contributed by atoms with Crippen LogP contribution in [-0.2, 0) is 9.53 Å². The summed E-state index contributed by atoms with van der Waals surface area (Å²) in [6, 6.07) is 0. The molecule has 0 fully saturated rings. The van der Waals surface area contributed by atoms with Crippen molar-refractivity contribution in [2.75, 3.05) is 26.8 Å². The molecule has 0 bridgehead atoms. The van der Waals surface area contributed by atoms with Gasteiger partial charge in [-0.05, 0) is 25.3 Å². The zero-order valence-electron chi connectivity index (χ0n) is 9.21. The van der Waals surface area contributed by atoms with Crippen molar-refractivity contribution in [2.24, 2.45) is 11.7 Å². The van der Waals surface area contributed by atoms with Gasteiger partial charge in [0.1, 0.15) is 0 Å². The quantitative estimate of drug-likeness (QED) is 0.564. The van der Waals surface area contributed by atoms with Crippen LogP contribution in [0.1, 0.15) is 26.2 Å². The number of methoxy groups -OCH3 is 1. The molecule has 0 aliphatic heterocycles. The third-order valence-electron chi connectivity index (χ3n) is 1.94. The Bertz CT molecular complexity index is 151. The summed E-state index contributed by atoms with van der Waals surface area (Å²) in [5.41, 5.74) is 5.34. The normalized spacial score (nSPS) is 12.5. The second-order valence-electron chi connectivity index (χ2n) is 3.61. The second kappa shape index (κ2) is 8.97. The van der Waals surface area contributed by atoms with Gasteiger partial charge in [-0.25, -0.2) is 0 Å². The molecule has 1 atom stereocenters. The third kappa shape index (κ3) is 8.01. The van der Waals surface area contributed by atoms with Crippen molar-refractivity contribution < 1.29 is 9.53 Å². The van der Waals surface area contributed by atoms with E-state index in [1.165, 1.54) is 0 Å². The Morgan fingerprint density at radius 1 is 1.50 bits per heavy atom. The van der Waals surface area contributed by atoms with Crippen LogP contribution in [-0.4, -0.2) is 32.7 Å². The number of nitrogens with one attached hydrogen (secondary N) is 1. The summed E-state index contributed by atoms with van der Waals surface area (Å²) in [6.45, 7) is 4.06. The van der Waals surface area contributed by atoms with Crippen LogP contribution in [0.4, 0.5) is 0 Å². The van der Waals surface area contributed by atoms with Crippen LogP contribution in [0.5, 0.6) is 0 Å². The zero-order chi connectivity index (χ0) is 10.8. The number of nitrogens with two attached hydrogens (primary N) is 1. The highest BCUT2D eigenvalue weighted by molar-refractivity contribution is 5.76. The van der Waals surface area contributed by atoms with Gasteiger partial charge in [-0.15, -0.1) is 0 Å². The Balaban J connectivity index is 3.35. The fourth-order valence-electron chi connectivity index (χ4n) is 1.23. The van der Waals surface area contributed by atoms with Gasteiger partial charge in [0.15, 0.2) is 0 Å². The molecule has 0 spiro atoms. The predicted molar refractivity (Wildman–Crippen MR) is 57.0 cm³/mol. The molecule has 4 nitrogen and oxygen atoms in total. The lowest BCUT2D eigenvalue weighted by molar-refractivity contribution is -0.122. The standard InChI is InChI=1S/C10H22N2O2/c1-9(8-14-2)7-10(13)12-6-4-3-5-11/h9H,3-8,11H2,1-2H3,(H,12,13). The molecule has 4 heteroatoms. The molecule has 0 saturated carbocycles. The summed E-state index contributed by atoms with van der Waals surface area (Å²) >= 11 is 0.